The number of piperidine rings is 1. The van der Waals surface area contributed by atoms with E-state index in [1.807, 2.05) is 27.9 Å². The van der Waals surface area contributed by atoms with E-state index in [1.54, 1.807) is 31.6 Å². The van der Waals surface area contributed by atoms with Crippen LogP contribution in [-0.4, -0.2) is 57.3 Å². The molecule has 0 bridgehead atoms. The Balaban J connectivity index is 1.34. The topological polar surface area (TPSA) is 135 Å². The molecule has 3 aromatic rings. The summed E-state index contributed by atoms with van der Waals surface area (Å²) in [5.41, 5.74) is 8.73. The van der Waals surface area contributed by atoms with E-state index in [0.29, 0.717) is 67.0 Å². The number of nitriles is 1. The van der Waals surface area contributed by atoms with Gasteiger partial charge < -0.3 is 20.7 Å². The molecule has 1 unspecified atom stereocenters. The Labute approximate surface area is 210 Å². The zero-order valence-electron chi connectivity index (χ0n) is 20.3. The van der Waals surface area contributed by atoms with Crippen molar-refractivity contribution in [3.63, 3.8) is 0 Å². The van der Waals surface area contributed by atoms with Gasteiger partial charge >= 0.3 is 0 Å². The maximum Gasteiger partial charge on any atom is 0.253 e. The predicted molar refractivity (Wildman–Crippen MR) is 135 cm³/mol. The van der Waals surface area contributed by atoms with Gasteiger partial charge in [0.2, 0.25) is 5.95 Å². The number of hydrogen-bond donors (Lipinski definition) is 2. The molecule has 3 heterocycles. The molecule has 3 N–H and O–H groups in total. The maximum atomic E-state index is 13.0. The van der Waals surface area contributed by atoms with Crippen LogP contribution in [0.1, 0.15) is 42.1 Å². The smallest absolute Gasteiger partial charge is 0.253 e. The fourth-order valence-electron chi connectivity index (χ4n) is 4.68. The van der Waals surface area contributed by atoms with Gasteiger partial charge in [-0.3, -0.25) is 9.48 Å². The molecule has 1 atom stereocenters. The monoisotopic (exact) mass is 486 g/mol. The molecular weight excluding hydrogens is 456 g/mol. The number of ether oxygens (including phenoxy) is 1. The van der Waals surface area contributed by atoms with Gasteiger partial charge in [0.15, 0.2) is 5.75 Å². The number of anilines is 2. The lowest BCUT2D eigenvalue weighted by Crippen LogP contribution is -2.38. The number of nitrogens with zero attached hydrogens (tertiary/aromatic N) is 6. The van der Waals surface area contributed by atoms with Gasteiger partial charge in [0.05, 0.1) is 31.6 Å². The Morgan fingerprint density at radius 2 is 2.08 bits per heavy atom. The van der Waals surface area contributed by atoms with Crippen LogP contribution in [-0.2, 0) is 0 Å². The molecule has 36 heavy (non-hydrogen) atoms. The summed E-state index contributed by atoms with van der Waals surface area (Å²) in [4.78, 5) is 23.9. The highest BCUT2D eigenvalue weighted by atomic mass is 16.5. The Bertz CT molecular complexity index is 1270. The quantitative estimate of drug-likeness (QED) is 0.495. The third kappa shape index (κ3) is 5.02. The summed E-state index contributed by atoms with van der Waals surface area (Å²) in [5.74, 6) is 1.51. The molecule has 0 radical (unpaired) electrons. The van der Waals surface area contributed by atoms with Crippen LogP contribution in [0.2, 0.25) is 0 Å². The first kappa shape index (κ1) is 23.8. The number of aromatic nitrogens is 4. The van der Waals surface area contributed by atoms with E-state index in [4.69, 9.17) is 20.7 Å². The Kier molecular flexibility index (Phi) is 6.82. The van der Waals surface area contributed by atoms with Gasteiger partial charge in [-0.2, -0.15) is 10.4 Å². The van der Waals surface area contributed by atoms with Crippen molar-refractivity contribution in [2.24, 2.45) is 17.6 Å². The third-order valence-corrected chi connectivity index (χ3v) is 6.93. The van der Waals surface area contributed by atoms with Crippen LogP contribution in [0.25, 0.3) is 11.3 Å². The number of nitrogens with one attached hydrogen (secondary N) is 1. The maximum absolute atomic E-state index is 13.0. The summed E-state index contributed by atoms with van der Waals surface area (Å²) >= 11 is 0. The zero-order valence-corrected chi connectivity index (χ0v) is 20.3. The summed E-state index contributed by atoms with van der Waals surface area (Å²) in [7, 11) is 1.58. The molecule has 10 heteroatoms. The van der Waals surface area contributed by atoms with E-state index >= 15 is 0 Å². The highest BCUT2D eigenvalue weighted by Crippen LogP contribution is 2.39. The molecule has 1 saturated carbocycles. The van der Waals surface area contributed by atoms with Crippen LogP contribution >= 0.6 is 0 Å². The first-order valence-electron chi connectivity index (χ1n) is 12.3. The molecule has 2 aliphatic rings. The SMILES string of the molecule is COc1cnc(Nc2cccc(C(=O)N3CCC(C#N)CC3)c2)nc1-c1cnn(C(CN)C2CC2)c1. The lowest BCUT2D eigenvalue weighted by atomic mass is 9.98. The van der Waals surface area contributed by atoms with Crippen LogP contribution in [0.5, 0.6) is 5.75 Å². The van der Waals surface area contributed by atoms with Gasteiger partial charge in [0.1, 0.15) is 5.69 Å². The number of likely N-dealkylation sites (tertiary alicyclic amines) is 1. The molecule has 1 aromatic carbocycles. The minimum absolute atomic E-state index is 0.0328. The molecule has 2 fully saturated rings. The number of nitrogens with two attached hydrogens (primary N) is 1. The number of carbonyl (C=O) groups excluding carboxylic acids is 1. The predicted octanol–water partition coefficient (Wildman–Crippen LogP) is 3.38. The minimum atomic E-state index is -0.0380. The summed E-state index contributed by atoms with van der Waals surface area (Å²) in [5, 5.41) is 16.9. The number of hydrogen-bond acceptors (Lipinski definition) is 8. The molecule has 2 aromatic heterocycles. The van der Waals surface area contributed by atoms with Crippen LogP contribution in [0.15, 0.2) is 42.9 Å². The Morgan fingerprint density at radius 3 is 2.78 bits per heavy atom. The third-order valence-electron chi connectivity index (χ3n) is 6.93. The van der Waals surface area contributed by atoms with Gasteiger partial charge in [-0.1, -0.05) is 6.07 Å². The molecular formula is C26H30N8O2. The van der Waals surface area contributed by atoms with E-state index in [2.05, 4.69) is 21.5 Å². The van der Waals surface area contributed by atoms with E-state index < -0.39 is 0 Å². The fraction of sp³-hybridized carbons (Fsp3) is 0.423. The first-order valence-corrected chi connectivity index (χ1v) is 12.3. The molecule has 1 aliphatic carbocycles. The molecule has 10 nitrogen and oxygen atoms in total. The summed E-state index contributed by atoms with van der Waals surface area (Å²) in [6.45, 7) is 1.74. The molecule has 1 aliphatic heterocycles. The average molecular weight is 487 g/mol. The number of amides is 1. The van der Waals surface area contributed by atoms with Crippen LogP contribution in [0.4, 0.5) is 11.6 Å². The largest absolute Gasteiger partial charge is 0.493 e. The molecule has 1 amide bonds. The summed E-state index contributed by atoms with van der Waals surface area (Å²) in [6, 6.07) is 9.78. The van der Waals surface area contributed by atoms with Crippen molar-refractivity contribution in [3.05, 3.63) is 48.4 Å². The lowest BCUT2D eigenvalue weighted by molar-refractivity contribution is 0.0707. The second-order valence-electron chi connectivity index (χ2n) is 9.36. The first-order chi connectivity index (χ1) is 17.6. The van der Waals surface area contributed by atoms with E-state index in [-0.39, 0.29) is 17.9 Å². The van der Waals surface area contributed by atoms with Crippen molar-refractivity contribution in [3.8, 4) is 23.1 Å². The van der Waals surface area contributed by atoms with Crippen LogP contribution in [0.3, 0.4) is 0 Å². The van der Waals surface area contributed by atoms with Crippen molar-refractivity contribution in [2.45, 2.75) is 31.7 Å². The average Bonchev–Trinajstić information content (AvgIpc) is 3.64. The zero-order chi connectivity index (χ0) is 25.1. The Hall–Kier alpha value is -3.97. The molecule has 5 rings (SSSR count). The number of methoxy groups -OCH3 is 1. The van der Waals surface area contributed by atoms with E-state index in [1.165, 1.54) is 12.8 Å². The van der Waals surface area contributed by atoms with Gasteiger partial charge in [0, 0.05) is 48.6 Å². The molecule has 1 saturated heterocycles. The van der Waals surface area contributed by atoms with Crippen molar-refractivity contribution >= 4 is 17.5 Å². The second-order valence-corrected chi connectivity index (χ2v) is 9.36. The van der Waals surface area contributed by atoms with Gasteiger partial charge in [-0.05, 0) is 49.8 Å². The van der Waals surface area contributed by atoms with Gasteiger partial charge in [0.25, 0.3) is 5.91 Å². The summed E-state index contributed by atoms with van der Waals surface area (Å²) in [6.07, 6.45) is 9.15. The molecule has 186 valence electrons. The lowest BCUT2D eigenvalue weighted by Gasteiger charge is -2.29. The van der Waals surface area contributed by atoms with Gasteiger partial charge in [-0.15, -0.1) is 0 Å². The fourth-order valence-corrected chi connectivity index (χ4v) is 4.68. The van der Waals surface area contributed by atoms with E-state index in [0.717, 1.165) is 5.56 Å². The minimum Gasteiger partial charge on any atom is -0.493 e. The van der Waals surface area contributed by atoms with Crippen LogP contribution < -0.4 is 15.8 Å². The van der Waals surface area contributed by atoms with Crippen molar-refractivity contribution in [1.82, 2.24) is 24.6 Å². The number of carbonyl (C=O) groups is 1. The van der Waals surface area contributed by atoms with Crippen molar-refractivity contribution < 1.29 is 9.53 Å². The summed E-state index contributed by atoms with van der Waals surface area (Å²) < 4.78 is 7.44. The van der Waals surface area contributed by atoms with Gasteiger partial charge in [-0.25, -0.2) is 9.97 Å². The Morgan fingerprint density at radius 1 is 1.28 bits per heavy atom. The van der Waals surface area contributed by atoms with Crippen LogP contribution in [0, 0.1) is 23.2 Å². The van der Waals surface area contributed by atoms with E-state index in [9.17, 15) is 4.79 Å². The number of rotatable bonds is 8. The standard InChI is InChI=1S/C26H30N8O2/c1-36-23-15-29-26(32-24(23)20-14-30-34(16-20)22(13-28)18-5-6-18)31-21-4-2-3-19(11-21)25(35)33-9-7-17(12-27)8-10-33/h2-4,11,14-18,22H,5-10,13,28H2,1H3,(H,29,31,32). The normalized spacial score (nSPS) is 16.9. The highest BCUT2D eigenvalue weighted by molar-refractivity contribution is 5.95. The number of benzene rings is 1. The second kappa shape index (κ2) is 10.3. The van der Waals surface area contributed by atoms with Crippen molar-refractivity contribution in [2.75, 3.05) is 32.1 Å². The molecule has 0 spiro atoms. The van der Waals surface area contributed by atoms with Crippen molar-refractivity contribution in [1.29, 1.82) is 5.26 Å². The highest BCUT2D eigenvalue weighted by Gasteiger charge is 2.32.